The highest BCUT2D eigenvalue weighted by atomic mass is 35.5. The predicted octanol–water partition coefficient (Wildman–Crippen LogP) is 4.16. The average molecular weight is 237 g/mol. The van der Waals surface area contributed by atoms with Crippen LogP contribution in [0.4, 0.5) is 4.39 Å². The number of phenols is 1. The lowest BCUT2D eigenvalue weighted by Gasteiger charge is -2.06. The van der Waals surface area contributed by atoms with Crippen LogP contribution in [0.1, 0.15) is 5.56 Å². The molecule has 16 heavy (non-hydrogen) atoms. The number of hydrogen-bond donors (Lipinski definition) is 1. The first-order valence-corrected chi connectivity index (χ1v) is 5.20. The second-order valence-corrected chi connectivity index (χ2v) is 4.12. The summed E-state index contributed by atoms with van der Waals surface area (Å²) in [6, 6.07) is 9.36. The van der Waals surface area contributed by atoms with Gasteiger partial charge in [0.25, 0.3) is 0 Å². The molecule has 2 aromatic rings. The number of rotatable bonds is 1. The van der Waals surface area contributed by atoms with E-state index in [-0.39, 0.29) is 11.6 Å². The van der Waals surface area contributed by atoms with Gasteiger partial charge in [0.2, 0.25) is 0 Å². The van der Waals surface area contributed by atoms with Gasteiger partial charge in [0.05, 0.1) is 0 Å². The Hall–Kier alpha value is -1.54. The van der Waals surface area contributed by atoms with E-state index in [2.05, 4.69) is 0 Å². The summed E-state index contributed by atoms with van der Waals surface area (Å²) in [7, 11) is 0. The molecule has 0 aliphatic carbocycles. The third-order valence-corrected chi connectivity index (χ3v) is 2.53. The Morgan fingerprint density at radius 3 is 2.56 bits per heavy atom. The molecule has 1 nitrogen and oxygen atoms in total. The molecular formula is C13H10ClFO. The summed E-state index contributed by atoms with van der Waals surface area (Å²) < 4.78 is 13.6. The maximum Gasteiger partial charge on any atom is 0.131 e. The van der Waals surface area contributed by atoms with Crippen LogP contribution in [0, 0.1) is 12.7 Å². The average Bonchev–Trinajstić information content (AvgIpc) is 2.20. The van der Waals surface area contributed by atoms with Gasteiger partial charge >= 0.3 is 0 Å². The summed E-state index contributed by atoms with van der Waals surface area (Å²) >= 11 is 5.81. The topological polar surface area (TPSA) is 20.2 Å². The van der Waals surface area contributed by atoms with Crippen LogP contribution in [0.15, 0.2) is 36.4 Å². The Balaban J connectivity index is 2.62. The fourth-order valence-corrected chi connectivity index (χ4v) is 1.82. The highest BCUT2D eigenvalue weighted by Gasteiger charge is 2.07. The molecular weight excluding hydrogens is 227 g/mol. The summed E-state index contributed by atoms with van der Waals surface area (Å²) in [5.41, 5.74) is 1.97. The zero-order chi connectivity index (χ0) is 11.7. The van der Waals surface area contributed by atoms with Gasteiger partial charge in [0.1, 0.15) is 11.6 Å². The number of aryl methyl sites for hydroxylation is 1. The minimum Gasteiger partial charge on any atom is -0.508 e. The van der Waals surface area contributed by atoms with Crippen molar-refractivity contribution in [1.82, 2.24) is 0 Å². The van der Waals surface area contributed by atoms with Gasteiger partial charge in [-0.25, -0.2) is 4.39 Å². The minimum atomic E-state index is -0.327. The van der Waals surface area contributed by atoms with Crippen molar-refractivity contribution >= 4 is 11.6 Å². The zero-order valence-electron chi connectivity index (χ0n) is 8.67. The van der Waals surface area contributed by atoms with Crippen LogP contribution >= 0.6 is 11.6 Å². The van der Waals surface area contributed by atoms with Crippen LogP contribution in [0.3, 0.4) is 0 Å². The van der Waals surface area contributed by atoms with Gasteiger partial charge in [-0.2, -0.15) is 0 Å². The van der Waals surface area contributed by atoms with Crippen molar-refractivity contribution < 1.29 is 9.50 Å². The molecule has 0 fully saturated rings. The molecule has 0 saturated heterocycles. The monoisotopic (exact) mass is 236 g/mol. The van der Waals surface area contributed by atoms with E-state index in [1.165, 1.54) is 18.2 Å². The molecule has 1 N–H and O–H groups in total. The quantitative estimate of drug-likeness (QED) is 0.788. The van der Waals surface area contributed by atoms with E-state index in [4.69, 9.17) is 11.6 Å². The molecule has 0 unspecified atom stereocenters. The van der Waals surface area contributed by atoms with E-state index in [0.29, 0.717) is 16.1 Å². The molecule has 0 bridgehead atoms. The van der Waals surface area contributed by atoms with Gasteiger partial charge in [-0.05, 0) is 42.8 Å². The molecule has 0 spiro atoms. The fraction of sp³-hybridized carbons (Fsp3) is 0.0769. The lowest BCUT2D eigenvalue weighted by atomic mass is 10.0. The highest BCUT2D eigenvalue weighted by molar-refractivity contribution is 6.31. The molecule has 0 aliphatic heterocycles. The van der Waals surface area contributed by atoms with E-state index in [9.17, 15) is 9.50 Å². The normalized spacial score (nSPS) is 10.4. The second kappa shape index (κ2) is 4.14. The van der Waals surface area contributed by atoms with E-state index >= 15 is 0 Å². The SMILES string of the molecule is Cc1ccc(F)c(-c2cc(O)cc(Cl)c2)c1. The standard InChI is InChI=1S/C13H10ClFO/c1-8-2-3-13(15)12(4-8)9-5-10(14)7-11(16)6-9/h2-7,16H,1H3. The first-order chi connectivity index (χ1) is 7.56. The van der Waals surface area contributed by atoms with Crippen LogP contribution < -0.4 is 0 Å². The minimum absolute atomic E-state index is 0.0309. The van der Waals surface area contributed by atoms with Gasteiger partial charge < -0.3 is 5.11 Å². The lowest BCUT2D eigenvalue weighted by molar-refractivity contribution is 0.475. The summed E-state index contributed by atoms with van der Waals surface area (Å²) in [6.07, 6.45) is 0. The largest absolute Gasteiger partial charge is 0.508 e. The number of phenolic OH excluding ortho intramolecular Hbond substituents is 1. The molecule has 0 radical (unpaired) electrons. The molecule has 0 heterocycles. The van der Waals surface area contributed by atoms with Crippen molar-refractivity contribution in [2.45, 2.75) is 6.92 Å². The molecule has 0 aliphatic rings. The maximum atomic E-state index is 13.6. The van der Waals surface area contributed by atoms with Crippen molar-refractivity contribution in [3.05, 3.63) is 52.8 Å². The molecule has 2 aromatic carbocycles. The summed E-state index contributed by atoms with van der Waals surface area (Å²) in [6.45, 7) is 1.88. The molecule has 0 saturated carbocycles. The number of hydrogen-bond acceptors (Lipinski definition) is 1. The van der Waals surface area contributed by atoms with Crippen LogP contribution in [0.2, 0.25) is 5.02 Å². The van der Waals surface area contributed by atoms with Crippen LogP contribution in [0.25, 0.3) is 11.1 Å². The Morgan fingerprint density at radius 2 is 1.88 bits per heavy atom. The summed E-state index contributed by atoms with van der Waals surface area (Å²) in [5, 5.41) is 9.79. The van der Waals surface area contributed by atoms with Crippen molar-refractivity contribution in [2.24, 2.45) is 0 Å². The number of halogens is 2. The van der Waals surface area contributed by atoms with Gasteiger partial charge in [0.15, 0.2) is 0 Å². The lowest BCUT2D eigenvalue weighted by Crippen LogP contribution is -1.86. The third-order valence-electron chi connectivity index (χ3n) is 2.32. The summed E-state index contributed by atoms with van der Waals surface area (Å²) in [5.74, 6) is -0.296. The van der Waals surface area contributed by atoms with E-state index in [1.54, 1.807) is 18.2 Å². The smallest absolute Gasteiger partial charge is 0.131 e. The van der Waals surface area contributed by atoms with Gasteiger partial charge in [0, 0.05) is 10.6 Å². The number of benzene rings is 2. The summed E-state index contributed by atoms with van der Waals surface area (Å²) in [4.78, 5) is 0. The Bertz CT molecular complexity index is 517. The Morgan fingerprint density at radius 1 is 1.12 bits per heavy atom. The number of aromatic hydroxyl groups is 1. The van der Waals surface area contributed by atoms with Crippen molar-refractivity contribution in [3.63, 3.8) is 0 Å². The van der Waals surface area contributed by atoms with Crippen LogP contribution in [-0.4, -0.2) is 5.11 Å². The van der Waals surface area contributed by atoms with Gasteiger partial charge in [-0.3, -0.25) is 0 Å². The van der Waals surface area contributed by atoms with E-state index < -0.39 is 0 Å². The maximum absolute atomic E-state index is 13.6. The Kier molecular flexibility index (Phi) is 2.84. The molecule has 0 atom stereocenters. The first-order valence-electron chi connectivity index (χ1n) is 4.82. The van der Waals surface area contributed by atoms with Crippen molar-refractivity contribution in [2.75, 3.05) is 0 Å². The fourth-order valence-electron chi connectivity index (χ4n) is 1.59. The first kappa shape index (κ1) is 11.0. The molecule has 0 aromatic heterocycles. The van der Waals surface area contributed by atoms with Gasteiger partial charge in [-0.15, -0.1) is 0 Å². The molecule has 3 heteroatoms. The third kappa shape index (κ3) is 2.17. The predicted molar refractivity (Wildman–Crippen MR) is 63.2 cm³/mol. The van der Waals surface area contributed by atoms with E-state index in [0.717, 1.165) is 5.56 Å². The van der Waals surface area contributed by atoms with Crippen molar-refractivity contribution in [1.29, 1.82) is 0 Å². The highest BCUT2D eigenvalue weighted by Crippen LogP contribution is 2.30. The van der Waals surface area contributed by atoms with Crippen LogP contribution in [-0.2, 0) is 0 Å². The zero-order valence-corrected chi connectivity index (χ0v) is 9.42. The van der Waals surface area contributed by atoms with E-state index in [1.807, 2.05) is 6.92 Å². The molecule has 2 rings (SSSR count). The second-order valence-electron chi connectivity index (χ2n) is 3.68. The molecule has 0 amide bonds. The molecule has 82 valence electrons. The van der Waals surface area contributed by atoms with Crippen LogP contribution in [0.5, 0.6) is 5.75 Å². The Labute approximate surface area is 98.1 Å². The van der Waals surface area contributed by atoms with Gasteiger partial charge in [-0.1, -0.05) is 23.2 Å². The van der Waals surface area contributed by atoms with Crippen molar-refractivity contribution in [3.8, 4) is 16.9 Å².